The van der Waals surface area contributed by atoms with E-state index in [1.54, 1.807) is 9.21 Å². The molecule has 8 nitrogen and oxygen atoms in total. The van der Waals surface area contributed by atoms with Crippen LogP contribution < -0.4 is 0 Å². The standard InChI is InChI=1S/C20H29N5O3S/c1-16(2)25-19-8-4-3-7-18(19)21-20(25)17-6-5-9-24(14-17)29(27,28)23-12-10-22(15-26)11-13-23/h3-4,7-8,15-17H,5-6,9-14H2,1-2H3/t17-/m0/s1. The van der Waals surface area contributed by atoms with E-state index in [2.05, 4.69) is 24.5 Å². The summed E-state index contributed by atoms with van der Waals surface area (Å²) in [6.07, 6.45) is 2.54. The van der Waals surface area contributed by atoms with Gasteiger partial charge in [-0.15, -0.1) is 0 Å². The molecular weight excluding hydrogens is 390 g/mol. The molecule has 0 N–H and O–H groups in total. The minimum absolute atomic E-state index is 0.0737. The molecule has 158 valence electrons. The lowest BCUT2D eigenvalue weighted by molar-refractivity contribution is -0.119. The third-order valence-electron chi connectivity index (χ3n) is 5.96. The highest BCUT2D eigenvalue weighted by Crippen LogP contribution is 2.33. The van der Waals surface area contributed by atoms with Gasteiger partial charge in [0.1, 0.15) is 5.82 Å². The van der Waals surface area contributed by atoms with Crippen LogP contribution in [0.15, 0.2) is 24.3 Å². The maximum absolute atomic E-state index is 13.2. The van der Waals surface area contributed by atoms with Gasteiger partial charge in [0.25, 0.3) is 10.2 Å². The zero-order chi connectivity index (χ0) is 20.6. The van der Waals surface area contributed by atoms with Gasteiger partial charge in [-0.1, -0.05) is 12.1 Å². The summed E-state index contributed by atoms with van der Waals surface area (Å²) in [5.74, 6) is 1.05. The van der Waals surface area contributed by atoms with Crippen LogP contribution in [0.25, 0.3) is 11.0 Å². The Morgan fingerprint density at radius 2 is 1.79 bits per heavy atom. The van der Waals surface area contributed by atoms with Gasteiger partial charge in [-0.05, 0) is 38.8 Å². The van der Waals surface area contributed by atoms with E-state index in [9.17, 15) is 13.2 Å². The van der Waals surface area contributed by atoms with Gasteiger partial charge in [-0.3, -0.25) is 4.79 Å². The highest BCUT2D eigenvalue weighted by atomic mass is 32.2. The molecule has 2 aliphatic heterocycles. The first-order chi connectivity index (χ1) is 13.9. The van der Waals surface area contributed by atoms with Crippen LogP contribution in [-0.2, 0) is 15.0 Å². The summed E-state index contributed by atoms with van der Waals surface area (Å²) < 4.78 is 31.8. The Morgan fingerprint density at radius 3 is 2.48 bits per heavy atom. The Hall–Kier alpha value is -1.97. The van der Waals surface area contributed by atoms with Gasteiger partial charge < -0.3 is 9.47 Å². The maximum atomic E-state index is 13.2. The molecule has 3 heterocycles. The highest BCUT2D eigenvalue weighted by molar-refractivity contribution is 7.86. The number of para-hydroxylation sites is 2. The maximum Gasteiger partial charge on any atom is 0.282 e. The van der Waals surface area contributed by atoms with E-state index in [1.807, 2.05) is 18.2 Å². The topological polar surface area (TPSA) is 78.8 Å². The Bertz CT molecular complexity index is 979. The van der Waals surface area contributed by atoms with Crippen LogP contribution in [0, 0.1) is 0 Å². The molecule has 2 fully saturated rings. The summed E-state index contributed by atoms with van der Waals surface area (Å²) in [5.41, 5.74) is 2.06. The van der Waals surface area contributed by atoms with E-state index in [0.29, 0.717) is 39.3 Å². The minimum atomic E-state index is -3.53. The van der Waals surface area contributed by atoms with Crippen molar-refractivity contribution in [2.24, 2.45) is 0 Å². The lowest BCUT2D eigenvalue weighted by Crippen LogP contribution is -2.54. The molecule has 0 spiro atoms. The summed E-state index contributed by atoms with van der Waals surface area (Å²) in [6.45, 7) is 6.87. The van der Waals surface area contributed by atoms with E-state index in [-0.39, 0.29) is 12.0 Å². The highest BCUT2D eigenvalue weighted by Gasteiger charge is 2.37. The van der Waals surface area contributed by atoms with E-state index >= 15 is 0 Å². The van der Waals surface area contributed by atoms with Crippen molar-refractivity contribution in [1.29, 1.82) is 0 Å². The van der Waals surface area contributed by atoms with Crippen molar-refractivity contribution < 1.29 is 13.2 Å². The minimum Gasteiger partial charge on any atom is -0.343 e. The number of benzene rings is 1. The van der Waals surface area contributed by atoms with E-state index in [1.165, 1.54) is 4.31 Å². The number of amides is 1. The number of nitrogens with zero attached hydrogens (tertiary/aromatic N) is 5. The average Bonchev–Trinajstić information content (AvgIpc) is 3.14. The fourth-order valence-electron chi connectivity index (χ4n) is 4.46. The lowest BCUT2D eigenvalue weighted by Gasteiger charge is -2.38. The summed E-state index contributed by atoms with van der Waals surface area (Å²) in [7, 11) is -3.53. The number of carbonyl (C=O) groups is 1. The van der Waals surface area contributed by atoms with Crippen molar-refractivity contribution in [3.05, 3.63) is 30.1 Å². The van der Waals surface area contributed by atoms with E-state index in [4.69, 9.17) is 4.98 Å². The molecule has 29 heavy (non-hydrogen) atoms. The number of piperidine rings is 1. The number of piperazine rings is 1. The molecule has 0 saturated carbocycles. The van der Waals surface area contributed by atoms with Crippen LogP contribution in [0.5, 0.6) is 0 Å². The molecule has 9 heteroatoms. The predicted octanol–water partition coefficient (Wildman–Crippen LogP) is 1.82. The Kier molecular flexibility index (Phi) is 5.63. The van der Waals surface area contributed by atoms with Crippen molar-refractivity contribution in [3.63, 3.8) is 0 Å². The Balaban J connectivity index is 1.58. The number of hydrogen-bond acceptors (Lipinski definition) is 4. The Labute approximate surface area is 172 Å². The second-order valence-electron chi connectivity index (χ2n) is 8.17. The zero-order valence-electron chi connectivity index (χ0n) is 17.1. The van der Waals surface area contributed by atoms with Gasteiger partial charge >= 0.3 is 0 Å². The van der Waals surface area contributed by atoms with Gasteiger partial charge in [-0.2, -0.15) is 17.0 Å². The molecule has 1 aromatic heterocycles. The van der Waals surface area contributed by atoms with Gasteiger partial charge in [0.2, 0.25) is 6.41 Å². The van der Waals surface area contributed by atoms with Crippen LogP contribution in [-0.4, -0.2) is 77.2 Å². The largest absolute Gasteiger partial charge is 0.343 e. The number of aromatic nitrogens is 2. The quantitative estimate of drug-likeness (QED) is 0.693. The van der Waals surface area contributed by atoms with Crippen molar-refractivity contribution in [2.75, 3.05) is 39.3 Å². The normalized spacial score (nSPS) is 22.4. The van der Waals surface area contributed by atoms with E-state index in [0.717, 1.165) is 36.1 Å². The molecule has 4 rings (SSSR count). The molecule has 0 aliphatic carbocycles. The number of rotatable bonds is 5. The fraction of sp³-hybridized carbons (Fsp3) is 0.600. The first kappa shape index (κ1) is 20.3. The third kappa shape index (κ3) is 3.78. The Morgan fingerprint density at radius 1 is 1.07 bits per heavy atom. The molecule has 1 aromatic carbocycles. The predicted molar refractivity (Wildman–Crippen MR) is 112 cm³/mol. The van der Waals surface area contributed by atoms with E-state index < -0.39 is 10.2 Å². The van der Waals surface area contributed by atoms with Gasteiger partial charge in [0, 0.05) is 51.2 Å². The van der Waals surface area contributed by atoms with Crippen molar-refractivity contribution >= 4 is 27.7 Å². The SMILES string of the molecule is CC(C)n1c([C@H]2CCCN(S(=O)(=O)N3CCN(C=O)CC3)C2)nc2ccccc21. The van der Waals surface area contributed by atoms with Gasteiger partial charge in [0.05, 0.1) is 11.0 Å². The van der Waals surface area contributed by atoms with Crippen LogP contribution in [0.1, 0.15) is 44.5 Å². The molecule has 1 atom stereocenters. The molecule has 1 amide bonds. The van der Waals surface area contributed by atoms with Crippen LogP contribution in [0.4, 0.5) is 0 Å². The molecule has 0 radical (unpaired) electrons. The molecule has 2 saturated heterocycles. The smallest absolute Gasteiger partial charge is 0.282 e. The van der Waals surface area contributed by atoms with Crippen molar-refractivity contribution in [2.45, 2.75) is 38.6 Å². The van der Waals surface area contributed by atoms with Crippen molar-refractivity contribution in [1.82, 2.24) is 23.1 Å². The summed E-state index contributed by atoms with van der Waals surface area (Å²) in [4.78, 5) is 17.4. The number of hydrogen-bond donors (Lipinski definition) is 0. The second-order valence-corrected chi connectivity index (χ2v) is 10.1. The molecule has 0 unspecified atom stereocenters. The average molecular weight is 420 g/mol. The summed E-state index contributed by atoms with van der Waals surface area (Å²) in [5, 5.41) is 0. The van der Waals surface area contributed by atoms with Gasteiger partial charge in [-0.25, -0.2) is 4.98 Å². The lowest BCUT2D eigenvalue weighted by atomic mass is 9.98. The summed E-state index contributed by atoms with van der Waals surface area (Å²) >= 11 is 0. The van der Waals surface area contributed by atoms with Crippen molar-refractivity contribution in [3.8, 4) is 0 Å². The third-order valence-corrected chi connectivity index (χ3v) is 7.97. The van der Waals surface area contributed by atoms with Crippen LogP contribution in [0.2, 0.25) is 0 Å². The second kappa shape index (κ2) is 8.04. The molecule has 0 bridgehead atoms. The zero-order valence-corrected chi connectivity index (χ0v) is 17.9. The first-order valence-corrected chi connectivity index (χ1v) is 11.7. The number of fused-ring (bicyclic) bond motifs is 1. The van der Waals surface area contributed by atoms with Crippen LogP contribution >= 0.6 is 0 Å². The van der Waals surface area contributed by atoms with Gasteiger partial charge in [0.15, 0.2) is 0 Å². The fourth-order valence-corrected chi connectivity index (χ4v) is 6.14. The number of imidazole rings is 1. The molecular formula is C20H29N5O3S. The van der Waals surface area contributed by atoms with Crippen LogP contribution in [0.3, 0.4) is 0 Å². The molecule has 2 aliphatic rings. The summed E-state index contributed by atoms with van der Waals surface area (Å²) in [6, 6.07) is 8.35. The monoisotopic (exact) mass is 419 g/mol. The first-order valence-electron chi connectivity index (χ1n) is 10.3. The molecule has 2 aromatic rings. The number of carbonyl (C=O) groups excluding carboxylic acids is 1.